The zero-order valence-corrected chi connectivity index (χ0v) is 16.7. The third-order valence-electron chi connectivity index (χ3n) is 4.66. The Hall–Kier alpha value is -3.60. The van der Waals surface area contributed by atoms with Crippen LogP contribution in [0.3, 0.4) is 0 Å². The number of fused-ring (bicyclic) bond motifs is 1. The van der Waals surface area contributed by atoms with E-state index in [-0.39, 0.29) is 22.2 Å². The number of carbonyl (C=O) groups excluding carboxylic acids is 1. The average Bonchev–Trinajstić information content (AvgIpc) is 2.72. The summed E-state index contributed by atoms with van der Waals surface area (Å²) >= 11 is 0. The number of carbonyl (C=O) groups is 1. The molecule has 2 heterocycles. The monoisotopic (exact) mass is 449 g/mol. The van der Waals surface area contributed by atoms with Crippen molar-refractivity contribution in [3.05, 3.63) is 77.7 Å². The molecule has 1 aliphatic heterocycles. The molecule has 1 aromatic heterocycles. The standard InChI is InChI=1S/C20H14F3N3O4S/c1-30-19-10-13(6-7-24-19)26-20(27)25(11-14-15(22)8-12(21)9-16(14)23)17-4-2-3-5-18(17)31(26,28)29/h2-10H,11H2,1H3. The molecule has 0 N–H and O–H groups in total. The molecule has 0 spiro atoms. The molecule has 4 rings (SSSR count). The van der Waals surface area contributed by atoms with Crippen molar-refractivity contribution in [2.75, 3.05) is 16.3 Å². The summed E-state index contributed by atoms with van der Waals surface area (Å²) in [4.78, 5) is 17.8. The summed E-state index contributed by atoms with van der Waals surface area (Å²) in [5.41, 5.74) is -0.722. The lowest BCUT2D eigenvalue weighted by atomic mass is 10.1. The van der Waals surface area contributed by atoms with Gasteiger partial charge in [-0.05, 0) is 18.2 Å². The SMILES string of the molecule is COc1cc(N2C(=O)N(Cc3c(F)cc(F)cc3F)c3ccccc3S2(=O)=O)ccn1. The maximum Gasteiger partial charge on any atom is 0.343 e. The Morgan fingerprint density at radius 1 is 1.03 bits per heavy atom. The number of amides is 2. The predicted octanol–water partition coefficient (Wildman–Crippen LogP) is 3.84. The van der Waals surface area contributed by atoms with Gasteiger partial charge in [0.2, 0.25) is 5.88 Å². The normalized spacial score (nSPS) is 15.0. The average molecular weight is 449 g/mol. The third-order valence-corrected chi connectivity index (χ3v) is 6.41. The highest BCUT2D eigenvalue weighted by atomic mass is 32.2. The van der Waals surface area contributed by atoms with Gasteiger partial charge in [-0.25, -0.2) is 31.4 Å². The first-order valence-electron chi connectivity index (χ1n) is 8.83. The molecule has 0 unspecified atom stereocenters. The Kier molecular flexibility index (Phi) is 5.05. The number of methoxy groups -OCH3 is 1. The summed E-state index contributed by atoms with van der Waals surface area (Å²) in [7, 11) is -3.03. The summed E-state index contributed by atoms with van der Waals surface area (Å²) in [6, 6.07) is 7.97. The lowest BCUT2D eigenvalue weighted by Gasteiger charge is -2.36. The van der Waals surface area contributed by atoms with E-state index in [4.69, 9.17) is 4.74 Å². The molecular weight excluding hydrogens is 435 g/mol. The van der Waals surface area contributed by atoms with Gasteiger partial charge in [0.25, 0.3) is 10.0 Å². The molecule has 0 saturated carbocycles. The van der Waals surface area contributed by atoms with Crippen LogP contribution in [-0.2, 0) is 16.6 Å². The zero-order valence-electron chi connectivity index (χ0n) is 15.9. The quantitative estimate of drug-likeness (QED) is 0.605. The number of sulfonamides is 1. The van der Waals surface area contributed by atoms with Gasteiger partial charge in [-0.15, -0.1) is 0 Å². The number of anilines is 2. The smallest absolute Gasteiger partial charge is 0.343 e. The van der Waals surface area contributed by atoms with Crippen LogP contribution in [0.15, 0.2) is 59.6 Å². The van der Waals surface area contributed by atoms with E-state index in [9.17, 15) is 26.4 Å². The lowest BCUT2D eigenvalue weighted by Crippen LogP contribution is -2.50. The van der Waals surface area contributed by atoms with E-state index in [1.165, 1.54) is 49.7 Å². The topological polar surface area (TPSA) is 79.8 Å². The Balaban J connectivity index is 1.89. The van der Waals surface area contributed by atoms with Crippen molar-refractivity contribution in [1.29, 1.82) is 0 Å². The molecule has 2 aromatic carbocycles. The fraction of sp³-hybridized carbons (Fsp3) is 0.100. The Labute approximate surface area is 175 Å². The van der Waals surface area contributed by atoms with Gasteiger partial charge in [0, 0.05) is 30.0 Å². The highest BCUT2D eigenvalue weighted by Gasteiger charge is 2.43. The fourth-order valence-electron chi connectivity index (χ4n) is 3.23. The van der Waals surface area contributed by atoms with E-state index < -0.39 is 45.6 Å². The van der Waals surface area contributed by atoms with E-state index >= 15 is 0 Å². The van der Waals surface area contributed by atoms with Crippen LogP contribution in [0, 0.1) is 17.5 Å². The number of halogens is 3. The largest absolute Gasteiger partial charge is 0.481 e. The molecule has 2 amide bonds. The number of hydrogen-bond donors (Lipinski definition) is 0. The van der Waals surface area contributed by atoms with Crippen LogP contribution in [0.5, 0.6) is 5.88 Å². The maximum absolute atomic E-state index is 14.3. The van der Waals surface area contributed by atoms with Crippen LogP contribution in [0.25, 0.3) is 0 Å². The molecule has 0 aliphatic carbocycles. The molecule has 7 nitrogen and oxygen atoms in total. The van der Waals surface area contributed by atoms with Crippen molar-refractivity contribution in [1.82, 2.24) is 4.98 Å². The van der Waals surface area contributed by atoms with E-state index in [2.05, 4.69) is 4.98 Å². The van der Waals surface area contributed by atoms with E-state index in [1.54, 1.807) is 0 Å². The second-order valence-corrected chi connectivity index (χ2v) is 8.27. The Morgan fingerprint density at radius 3 is 2.39 bits per heavy atom. The summed E-state index contributed by atoms with van der Waals surface area (Å²) in [5.74, 6) is -3.46. The molecule has 0 fully saturated rings. The predicted molar refractivity (Wildman–Crippen MR) is 105 cm³/mol. The van der Waals surface area contributed by atoms with Crippen molar-refractivity contribution in [3.63, 3.8) is 0 Å². The summed E-state index contributed by atoms with van der Waals surface area (Å²) in [5, 5.41) is 0. The van der Waals surface area contributed by atoms with Crippen LogP contribution < -0.4 is 13.9 Å². The van der Waals surface area contributed by atoms with Crippen molar-refractivity contribution in [2.24, 2.45) is 0 Å². The number of aromatic nitrogens is 1. The first kappa shape index (κ1) is 20.7. The van der Waals surface area contributed by atoms with E-state index in [0.717, 1.165) is 4.90 Å². The maximum atomic E-state index is 14.3. The van der Waals surface area contributed by atoms with Gasteiger partial charge in [-0.3, -0.25) is 4.90 Å². The highest BCUT2D eigenvalue weighted by molar-refractivity contribution is 7.94. The summed E-state index contributed by atoms with van der Waals surface area (Å²) in [6.45, 7) is -0.665. The van der Waals surface area contributed by atoms with Crippen LogP contribution in [0.4, 0.5) is 29.3 Å². The first-order valence-corrected chi connectivity index (χ1v) is 10.3. The minimum atomic E-state index is -4.35. The molecule has 160 valence electrons. The van der Waals surface area contributed by atoms with Gasteiger partial charge >= 0.3 is 6.03 Å². The van der Waals surface area contributed by atoms with Crippen LogP contribution in [0.1, 0.15) is 5.56 Å². The van der Waals surface area contributed by atoms with Crippen molar-refractivity contribution in [3.8, 4) is 5.88 Å². The number of rotatable bonds is 4. The van der Waals surface area contributed by atoms with Gasteiger partial charge in [0.15, 0.2) is 0 Å². The molecular formula is C20H14F3N3O4S. The number of pyridine rings is 1. The molecule has 0 saturated heterocycles. The molecule has 31 heavy (non-hydrogen) atoms. The number of para-hydroxylation sites is 1. The molecule has 1 aliphatic rings. The van der Waals surface area contributed by atoms with E-state index in [1.807, 2.05) is 0 Å². The highest BCUT2D eigenvalue weighted by Crippen LogP contribution is 2.38. The number of hydrogen-bond acceptors (Lipinski definition) is 5. The third kappa shape index (κ3) is 3.46. The van der Waals surface area contributed by atoms with Crippen LogP contribution in [-0.4, -0.2) is 26.5 Å². The lowest BCUT2D eigenvalue weighted by molar-refractivity contribution is 0.253. The number of nitrogens with zero attached hydrogens (tertiary/aromatic N) is 3. The van der Waals surface area contributed by atoms with E-state index in [0.29, 0.717) is 16.4 Å². The molecule has 0 bridgehead atoms. The number of ether oxygens (including phenoxy) is 1. The number of urea groups is 1. The van der Waals surface area contributed by atoms with Gasteiger partial charge in [0.05, 0.1) is 25.0 Å². The molecule has 3 aromatic rings. The van der Waals surface area contributed by atoms with Gasteiger partial charge in [-0.1, -0.05) is 12.1 Å². The second kappa shape index (κ2) is 7.58. The van der Waals surface area contributed by atoms with Gasteiger partial charge < -0.3 is 4.74 Å². The second-order valence-electron chi connectivity index (χ2n) is 6.51. The molecule has 11 heteroatoms. The summed E-state index contributed by atoms with van der Waals surface area (Å²) in [6.07, 6.45) is 1.25. The molecule has 0 radical (unpaired) electrons. The molecule has 0 atom stereocenters. The minimum Gasteiger partial charge on any atom is -0.481 e. The first-order chi connectivity index (χ1) is 14.7. The van der Waals surface area contributed by atoms with Gasteiger partial charge in [-0.2, -0.15) is 4.31 Å². The van der Waals surface area contributed by atoms with Crippen LogP contribution in [0.2, 0.25) is 0 Å². The minimum absolute atomic E-state index is 0.0570. The Morgan fingerprint density at radius 2 is 1.71 bits per heavy atom. The zero-order chi connectivity index (χ0) is 22.3. The fourth-order valence-corrected chi connectivity index (χ4v) is 4.82. The van der Waals surface area contributed by atoms with Crippen LogP contribution >= 0.6 is 0 Å². The number of benzene rings is 2. The Bertz CT molecular complexity index is 1280. The van der Waals surface area contributed by atoms with Gasteiger partial charge in [0.1, 0.15) is 22.3 Å². The van der Waals surface area contributed by atoms with Crippen molar-refractivity contribution in [2.45, 2.75) is 11.4 Å². The summed E-state index contributed by atoms with van der Waals surface area (Å²) < 4.78 is 73.7. The van der Waals surface area contributed by atoms with Crippen molar-refractivity contribution >= 4 is 27.4 Å². The van der Waals surface area contributed by atoms with Crippen molar-refractivity contribution < 1.29 is 31.1 Å².